The highest BCUT2D eigenvalue weighted by molar-refractivity contribution is 7.86. The first kappa shape index (κ1) is 10.4. The molecule has 5 heteroatoms. The highest BCUT2D eigenvalue weighted by atomic mass is 32.2. The molecule has 1 saturated heterocycles. The normalized spacial score (nSPS) is 39.1. The molecule has 2 aliphatic rings. The third kappa shape index (κ3) is 2.10. The molecule has 0 aromatic carbocycles. The fourth-order valence-corrected chi connectivity index (χ4v) is 3.60. The Balaban J connectivity index is 2.03. The minimum Gasteiger partial charge on any atom is -0.314 e. The quantitative estimate of drug-likeness (QED) is 0.640. The van der Waals surface area contributed by atoms with Crippen LogP contribution in [0.15, 0.2) is 0 Å². The lowest BCUT2D eigenvalue weighted by molar-refractivity contribution is 0.210. The molecular weight excluding hydrogens is 202 g/mol. The first-order chi connectivity index (χ1) is 6.57. The predicted octanol–water partition coefficient (Wildman–Crippen LogP) is 0.795. The highest BCUT2D eigenvalue weighted by Crippen LogP contribution is 2.33. The minimum atomic E-state index is -3.82. The monoisotopic (exact) mass is 219 g/mol. The van der Waals surface area contributed by atoms with Crippen molar-refractivity contribution >= 4 is 10.1 Å². The summed E-state index contributed by atoms with van der Waals surface area (Å²) in [7, 11) is -3.82. The summed E-state index contributed by atoms with van der Waals surface area (Å²) in [5.74, 6) is 0.627. The summed E-state index contributed by atoms with van der Waals surface area (Å²) in [6.45, 7) is 0.985. The molecule has 1 aliphatic carbocycles. The highest BCUT2D eigenvalue weighted by Gasteiger charge is 2.36. The van der Waals surface area contributed by atoms with Crippen LogP contribution < -0.4 is 5.32 Å². The molecule has 2 rings (SSSR count). The number of nitrogens with one attached hydrogen (secondary N) is 1. The number of hydrogen-bond donors (Lipinski definition) is 2. The lowest BCUT2D eigenvalue weighted by Gasteiger charge is -2.38. The molecule has 0 radical (unpaired) electrons. The van der Waals surface area contributed by atoms with Gasteiger partial charge in [-0.2, -0.15) is 8.42 Å². The van der Waals surface area contributed by atoms with E-state index in [2.05, 4.69) is 5.32 Å². The average Bonchev–Trinajstić information content (AvgIpc) is 2.16. The van der Waals surface area contributed by atoms with Crippen LogP contribution >= 0.6 is 0 Å². The van der Waals surface area contributed by atoms with Gasteiger partial charge >= 0.3 is 0 Å². The van der Waals surface area contributed by atoms with Gasteiger partial charge in [-0.1, -0.05) is 0 Å². The molecule has 3 unspecified atom stereocenters. The van der Waals surface area contributed by atoms with Crippen molar-refractivity contribution in [2.24, 2.45) is 5.92 Å². The first-order valence-electron chi connectivity index (χ1n) is 5.27. The molecule has 1 saturated carbocycles. The van der Waals surface area contributed by atoms with Gasteiger partial charge in [0.1, 0.15) is 0 Å². The third-order valence-electron chi connectivity index (χ3n) is 3.52. The van der Waals surface area contributed by atoms with E-state index < -0.39 is 15.4 Å². The second kappa shape index (κ2) is 3.79. The zero-order valence-electron chi connectivity index (χ0n) is 8.15. The minimum absolute atomic E-state index is 0.310. The summed E-state index contributed by atoms with van der Waals surface area (Å²) in [5, 5.41) is 2.81. The summed E-state index contributed by atoms with van der Waals surface area (Å²) in [5.41, 5.74) is 0. The molecule has 0 amide bonds. The maximum Gasteiger partial charge on any atom is 0.267 e. The van der Waals surface area contributed by atoms with E-state index in [1.54, 1.807) is 0 Å². The molecule has 2 N–H and O–H groups in total. The molecule has 0 spiro atoms. The van der Waals surface area contributed by atoms with Crippen LogP contribution in [0, 0.1) is 5.92 Å². The van der Waals surface area contributed by atoms with E-state index in [9.17, 15) is 8.42 Å². The summed E-state index contributed by atoms with van der Waals surface area (Å²) in [6.07, 6.45) is 4.54. The fourth-order valence-electron chi connectivity index (χ4n) is 2.71. The van der Waals surface area contributed by atoms with Crippen molar-refractivity contribution in [3.05, 3.63) is 0 Å². The maximum atomic E-state index is 11.0. The number of hydrogen-bond acceptors (Lipinski definition) is 3. The van der Waals surface area contributed by atoms with Crippen molar-refractivity contribution in [2.45, 2.75) is 43.4 Å². The molecule has 0 bridgehead atoms. The van der Waals surface area contributed by atoms with Crippen LogP contribution in [0.1, 0.15) is 32.1 Å². The van der Waals surface area contributed by atoms with E-state index in [0.717, 1.165) is 13.0 Å². The van der Waals surface area contributed by atoms with Crippen molar-refractivity contribution in [1.29, 1.82) is 0 Å². The molecule has 82 valence electrons. The van der Waals surface area contributed by atoms with E-state index in [0.29, 0.717) is 24.8 Å². The van der Waals surface area contributed by atoms with Crippen LogP contribution in [0.25, 0.3) is 0 Å². The first-order valence-corrected chi connectivity index (χ1v) is 6.77. The average molecular weight is 219 g/mol. The molecule has 0 aromatic rings. The summed E-state index contributed by atoms with van der Waals surface area (Å²) in [4.78, 5) is 0. The second-order valence-corrected chi connectivity index (χ2v) is 6.11. The van der Waals surface area contributed by atoms with E-state index in [1.165, 1.54) is 12.8 Å². The third-order valence-corrected chi connectivity index (χ3v) is 4.80. The predicted molar refractivity (Wildman–Crippen MR) is 53.7 cm³/mol. The van der Waals surface area contributed by atoms with Crippen LogP contribution in [0.3, 0.4) is 0 Å². The van der Waals surface area contributed by atoms with Crippen molar-refractivity contribution < 1.29 is 13.0 Å². The van der Waals surface area contributed by atoms with Crippen molar-refractivity contribution in [2.75, 3.05) is 6.54 Å². The van der Waals surface area contributed by atoms with Crippen LogP contribution in [0.5, 0.6) is 0 Å². The Labute approximate surface area is 84.8 Å². The Bertz CT molecular complexity index is 301. The van der Waals surface area contributed by atoms with E-state index in [1.807, 2.05) is 0 Å². The molecule has 3 atom stereocenters. The molecule has 4 nitrogen and oxygen atoms in total. The summed E-state index contributed by atoms with van der Waals surface area (Å²) < 4.78 is 31.0. The maximum absolute atomic E-state index is 11.0. The Morgan fingerprint density at radius 2 is 2.00 bits per heavy atom. The van der Waals surface area contributed by atoms with Gasteiger partial charge in [-0.05, 0) is 44.6 Å². The van der Waals surface area contributed by atoms with Gasteiger partial charge in [0.05, 0.1) is 5.25 Å². The van der Waals surface area contributed by atoms with Gasteiger partial charge in [0.2, 0.25) is 0 Å². The number of piperidine rings is 1. The lowest BCUT2D eigenvalue weighted by atomic mass is 9.79. The Morgan fingerprint density at radius 1 is 1.21 bits per heavy atom. The number of fused-ring (bicyclic) bond motifs is 1. The van der Waals surface area contributed by atoms with Gasteiger partial charge in [-0.3, -0.25) is 4.55 Å². The molecular formula is C9H17NO3S. The van der Waals surface area contributed by atoms with Gasteiger partial charge in [0.15, 0.2) is 0 Å². The van der Waals surface area contributed by atoms with Crippen molar-refractivity contribution in [1.82, 2.24) is 5.32 Å². The van der Waals surface area contributed by atoms with Gasteiger partial charge in [0.25, 0.3) is 10.1 Å². The lowest BCUT2D eigenvalue weighted by Crippen LogP contribution is -2.47. The fraction of sp³-hybridized carbons (Fsp3) is 1.00. The SMILES string of the molecule is O=S(=O)(O)C1CCC2CCCNC2C1. The Hall–Kier alpha value is -0.130. The Morgan fingerprint density at radius 3 is 2.71 bits per heavy atom. The molecule has 0 aromatic heterocycles. The molecule has 1 heterocycles. The summed E-state index contributed by atoms with van der Waals surface area (Å²) >= 11 is 0. The largest absolute Gasteiger partial charge is 0.314 e. The smallest absolute Gasteiger partial charge is 0.267 e. The van der Waals surface area contributed by atoms with Crippen molar-refractivity contribution in [3.8, 4) is 0 Å². The summed E-state index contributed by atoms with van der Waals surface area (Å²) in [6, 6.07) is 0.310. The van der Waals surface area contributed by atoms with Crippen LogP contribution in [-0.2, 0) is 10.1 Å². The topological polar surface area (TPSA) is 66.4 Å². The number of rotatable bonds is 1. The van der Waals surface area contributed by atoms with Crippen LogP contribution in [-0.4, -0.2) is 30.8 Å². The van der Waals surface area contributed by atoms with E-state index in [-0.39, 0.29) is 0 Å². The Kier molecular flexibility index (Phi) is 2.81. The van der Waals surface area contributed by atoms with Crippen LogP contribution in [0.2, 0.25) is 0 Å². The van der Waals surface area contributed by atoms with E-state index in [4.69, 9.17) is 4.55 Å². The van der Waals surface area contributed by atoms with Gasteiger partial charge in [-0.15, -0.1) is 0 Å². The molecule has 1 aliphatic heterocycles. The van der Waals surface area contributed by atoms with Crippen LogP contribution in [0.4, 0.5) is 0 Å². The van der Waals surface area contributed by atoms with Gasteiger partial charge in [0, 0.05) is 6.04 Å². The molecule has 2 fully saturated rings. The van der Waals surface area contributed by atoms with E-state index >= 15 is 0 Å². The molecule has 14 heavy (non-hydrogen) atoms. The zero-order chi connectivity index (χ0) is 10.2. The standard InChI is InChI=1S/C9H17NO3S/c11-14(12,13)8-4-3-7-2-1-5-10-9(7)6-8/h7-10H,1-6H2,(H,11,12,13). The zero-order valence-corrected chi connectivity index (χ0v) is 8.96. The van der Waals surface area contributed by atoms with Crippen molar-refractivity contribution in [3.63, 3.8) is 0 Å². The van der Waals surface area contributed by atoms with Gasteiger partial charge in [-0.25, -0.2) is 0 Å². The second-order valence-electron chi connectivity index (χ2n) is 4.41. The van der Waals surface area contributed by atoms with Gasteiger partial charge < -0.3 is 5.32 Å².